The zero-order chi connectivity index (χ0) is 15.8. The Labute approximate surface area is 124 Å². The number of likely N-dealkylation sites (N-methyl/N-ethyl adjacent to an activating group) is 1. The van der Waals surface area contributed by atoms with Crippen LogP contribution in [0.15, 0.2) is 17.0 Å². The number of aryl methyl sites for hydroxylation is 1. The van der Waals surface area contributed by atoms with Crippen molar-refractivity contribution in [3.63, 3.8) is 0 Å². The van der Waals surface area contributed by atoms with E-state index < -0.39 is 14.9 Å². The van der Waals surface area contributed by atoms with E-state index in [1.807, 2.05) is 7.05 Å². The number of nitro benzene ring substituents is 1. The van der Waals surface area contributed by atoms with Gasteiger partial charge < -0.3 is 4.90 Å². The van der Waals surface area contributed by atoms with Crippen LogP contribution >= 0.6 is 0 Å². The highest BCUT2D eigenvalue weighted by Gasteiger charge is 2.29. The van der Waals surface area contributed by atoms with Crippen molar-refractivity contribution in [3.8, 4) is 0 Å². The lowest BCUT2D eigenvalue weighted by atomic mass is 10.1. The van der Waals surface area contributed by atoms with Crippen LogP contribution in [-0.4, -0.2) is 55.8 Å². The fourth-order valence-corrected chi connectivity index (χ4v) is 3.85. The Hall–Kier alpha value is -1.51. The van der Waals surface area contributed by atoms with Crippen LogP contribution in [-0.2, 0) is 10.0 Å². The monoisotopic (exact) mass is 313 g/mol. The molecule has 1 aromatic carbocycles. The van der Waals surface area contributed by atoms with Crippen LogP contribution in [0.25, 0.3) is 0 Å². The summed E-state index contributed by atoms with van der Waals surface area (Å²) < 4.78 is 26.6. The predicted octanol–water partition coefficient (Wildman–Crippen LogP) is 1.15. The highest BCUT2D eigenvalue weighted by atomic mass is 32.2. The minimum absolute atomic E-state index is 0.00172. The molecule has 2 rings (SSSR count). The third-order valence-corrected chi connectivity index (χ3v) is 5.79. The Morgan fingerprint density at radius 3 is 2.24 bits per heavy atom. The second-order valence-corrected chi connectivity index (χ2v) is 7.29. The normalized spacial score (nSPS) is 17.9. The first-order chi connectivity index (χ1) is 9.73. The van der Waals surface area contributed by atoms with E-state index >= 15 is 0 Å². The van der Waals surface area contributed by atoms with Gasteiger partial charge in [0.2, 0.25) is 10.0 Å². The second kappa shape index (κ2) is 5.70. The summed E-state index contributed by atoms with van der Waals surface area (Å²) in [6, 6.07) is 2.67. The van der Waals surface area contributed by atoms with Crippen molar-refractivity contribution in [3.05, 3.63) is 33.4 Å². The van der Waals surface area contributed by atoms with Crippen molar-refractivity contribution >= 4 is 15.7 Å². The highest BCUT2D eigenvalue weighted by Crippen LogP contribution is 2.27. The molecule has 21 heavy (non-hydrogen) atoms. The molecule has 1 aromatic rings. The number of benzene rings is 1. The maximum Gasteiger partial charge on any atom is 0.273 e. The van der Waals surface area contributed by atoms with Crippen molar-refractivity contribution in [1.82, 2.24) is 9.21 Å². The lowest BCUT2D eigenvalue weighted by molar-refractivity contribution is -0.385. The van der Waals surface area contributed by atoms with E-state index in [-0.39, 0.29) is 10.6 Å². The molecule has 0 aliphatic carbocycles. The first kappa shape index (κ1) is 15.9. The van der Waals surface area contributed by atoms with Gasteiger partial charge in [0.05, 0.1) is 9.82 Å². The molecule has 1 saturated heterocycles. The van der Waals surface area contributed by atoms with Crippen molar-refractivity contribution in [2.45, 2.75) is 18.7 Å². The summed E-state index contributed by atoms with van der Waals surface area (Å²) in [4.78, 5) is 12.6. The molecule has 1 fully saturated rings. The standard InChI is InChI=1S/C13H19N3O4S/c1-10-8-12(9-13(11(10)2)16(17)18)21(19,20)15-6-4-14(3)5-7-15/h8-9H,4-7H2,1-3H3. The second-order valence-electron chi connectivity index (χ2n) is 5.35. The molecule has 7 nitrogen and oxygen atoms in total. The molecule has 0 unspecified atom stereocenters. The van der Waals surface area contributed by atoms with Crippen molar-refractivity contribution in [1.29, 1.82) is 0 Å². The largest absolute Gasteiger partial charge is 0.304 e. The highest BCUT2D eigenvalue weighted by molar-refractivity contribution is 7.89. The summed E-state index contributed by atoms with van der Waals surface area (Å²) in [5.41, 5.74) is 0.955. The molecule has 116 valence electrons. The van der Waals surface area contributed by atoms with Crippen LogP contribution in [0.3, 0.4) is 0 Å². The van der Waals surface area contributed by atoms with E-state index in [1.165, 1.54) is 10.4 Å². The molecule has 8 heteroatoms. The lowest BCUT2D eigenvalue weighted by Crippen LogP contribution is -2.47. The van der Waals surface area contributed by atoms with Crippen LogP contribution in [0.5, 0.6) is 0 Å². The van der Waals surface area contributed by atoms with Gasteiger partial charge in [-0.2, -0.15) is 4.31 Å². The zero-order valence-electron chi connectivity index (χ0n) is 12.4. The van der Waals surface area contributed by atoms with E-state index in [1.54, 1.807) is 13.8 Å². The van der Waals surface area contributed by atoms with Crippen LogP contribution < -0.4 is 0 Å². The molecule has 0 amide bonds. The summed E-state index contributed by atoms with van der Waals surface area (Å²) in [5.74, 6) is 0. The number of hydrogen-bond acceptors (Lipinski definition) is 5. The molecule has 0 radical (unpaired) electrons. The summed E-state index contributed by atoms with van der Waals surface area (Å²) in [6.07, 6.45) is 0. The first-order valence-corrected chi connectivity index (χ1v) is 8.12. The van der Waals surface area contributed by atoms with Crippen LogP contribution in [0.1, 0.15) is 11.1 Å². The van der Waals surface area contributed by atoms with E-state index in [4.69, 9.17) is 0 Å². The Bertz CT molecular complexity index is 664. The predicted molar refractivity (Wildman–Crippen MR) is 78.8 cm³/mol. The smallest absolute Gasteiger partial charge is 0.273 e. The third-order valence-electron chi connectivity index (χ3n) is 3.91. The molecule has 0 spiro atoms. The van der Waals surface area contributed by atoms with E-state index in [9.17, 15) is 18.5 Å². The Morgan fingerprint density at radius 2 is 1.71 bits per heavy atom. The number of sulfonamides is 1. The molecule has 1 heterocycles. The quantitative estimate of drug-likeness (QED) is 0.617. The van der Waals surface area contributed by atoms with Crippen LogP contribution in [0, 0.1) is 24.0 Å². The van der Waals surface area contributed by atoms with Gasteiger partial charge in [-0.25, -0.2) is 8.42 Å². The van der Waals surface area contributed by atoms with Gasteiger partial charge in [0.15, 0.2) is 0 Å². The van der Waals surface area contributed by atoms with Gasteiger partial charge in [0.25, 0.3) is 5.69 Å². The molecule has 0 bridgehead atoms. The van der Waals surface area contributed by atoms with Crippen LogP contribution in [0.2, 0.25) is 0 Å². The molecule has 0 saturated carbocycles. The summed E-state index contributed by atoms with van der Waals surface area (Å²) in [5, 5.41) is 11.1. The first-order valence-electron chi connectivity index (χ1n) is 6.68. The SMILES string of the molecule is Cc1cc(S(=O)(=O)N2CCN(C)CC2)cc([N+](=O)[O-])c1C. The van der Waals surface area contributed by atoms with Crippen molar-refractivity contribution in [2.75, 3.05) is 33.2 Å². The van der Waals surface area contributed by atoms with E-state index in [0.717, 1.165) is 6.07 Å². The van der Waals surface area contributed by atoms with Gasteiger partial charge in [-0.15, -0.1) is 0 Å². The Balaban J connectivity index is 2.43. The van der Waals surface area contributed by atoms with Gasteiger partial charge in [0, 0.05) is 37.8 Å². The maximum atomic E-state index is 12.6. The molecular weight excluding hydrogens is 294 g/mol. The lowest BCUT2D eigenvalue weighted by Gasteiger charge is -2.31. The van der Waals surface area contributed by atoms with Crippen LogP contribution in [0.4, 0.5) is 5.69 Å². The van der Waals surface area contributed by atoms with Gasteiger partial charge >= 0.3 is 0 Å². The molecule has 1 aliphatic heterocycles. The van der Waals surface area contributed by atoms with Gasteiger partial charge in [0.1, 0.15) is 0 Å². The number of nitrogens with zero attached hydrogens (tertiary/aromatic N) is 3. The number of hydrogen-bond donors (Lipinski definition) is 0. The molecule has 0 atom stereocenters. The Morgan fingerprint density at radius 1 is 1.14 bits per heavy atom. The molecule has 1 aliphatic rings. The fraction of sp³-hybridized carbons (Fsp3) is 0.538. The number of nitro groups is 1. The minimum atomic E-state index is -3.68. The fourth-order valence-electron chi connectivity index (χ4n) is 2.32. The Kier molecular flexibility index (Phi) is 4.31. The van der Waals surface area contributed by atoms with Gasteiger partial charge in [-0.3, -0.25) is 10.1 Å². The number of rotatable bonds is 3. The topological polar surface area (TPSA) is 83.8 Å². The summed E-state index contributed by atoms with van der Waals surface area (Å²) in [7, 11) is -1.74. The average molecular weight is 313 g/mol. The molecule has 0 N–H and O–H groups in total. The molecular formula is C13H19N3O4S. The maximum absolute atomic E-state index is 12.6. The zero-order valence-corrected chi connectivity index (χ0v) is 13.2. The number of piperazine rings is 1. The van der Waals surface area contributed by atoms with E-state index in [0.29, 0.717) is 37.3 Å². The van der Waals surface area contributed by atoms with Crippen molar-refractivity contribution in [2.24, 2.45) is 0 Å². The minimum Gasteiger partial charge on any atom is -0.304 e. The van der Waals surface area contributed by atoms with E-state index in [2.05, 4.69) is 4.90 Å². The van der Waals surface area contributed by atoms with Crippen molar-refractivity contribution < 1.29 is 13.3 Å². The third kappa shape index (κ3) is 3.07. The molecule has 0 aromatic heterocycles. The summed E-state index contributed by atoms with van der Waals surface area (Å²) in [6.45, 7) is 5.43. The van der Waals surface area contributed by atoms with Gasteiger partial charge in [-0.1, -0.05) is 0 Å². The summed E-state index contributed by atoms with van der Waals surface area (Å²) >= 11 is 0. The average Bonchev–Trinajstić information content (AvgIpc) is 2.41. The van der Waals surface area contributed by atoms with Gasteiger partial charge in [-0.05, 0) is 32.5 Å².